The van der Waals surface area contributed by atoms with Crippen LogP contribution >= 0.6 is 11.6 Å². The monoisotopic (exact) mass is 416 g/mol. The Labute approximate surface area is 168 Å². The average molecular weight is 417 g/mol. The molecule has 0 fully saturated rings. The Bertz CT molecular complexity index is 1110. The van der Waals surface area contributed by atoms with E-state index in [0.29, 0.717) is 5.69 Å². The Kier molecular flexibility index (Phi) is 5.46. The number of esters is 1. The summed E-state index contributed by atoms with van der Waals surface area (Å²) in [6, 6.07) is 11.8. The number of nitro benzene ring substituents is 1. The lowest BCUT2D eigenvalue weighted by Gasteiger charge is -2.10. The molecule has 0 saturated carbocycles. The van der Waals surface area contributed by atoms with Gasteiger partial charge in [0.05, 0.1) is 23.4 Å². The Hall–Kier alpha value is -3.92. The molecule has 1 heterocycles. The van der Waals surface area contributed by atoms with Crippen LogP contribution < -0.4 is 5.32 Å². The van der Waals surface area contributed by atoms with E-state index in [1.54, 1.807) is 30.3 Å². The molecule has 1 amide bonds. The summed E-state index contributed by atoms with van der Waals surface area (Å²) in [5.41, 5.74) is -0.648. The van der Waals surface area contributed by atoms with E-state index in [1.807, 2.05) is 0 Å². The number of nitro groups is 1. The molecule has 10 nitrogen and oxygen atoms in total. The Balaban J connectivity index is 2.05. The number of rotatable bonds is 5. The second-order valence-electron chi connectivity index (χ2n) is 5.69. The summed E-state index contributed by atoms with van der Waals surface area (Å²) in [7, 11) is 1.17. The minimum Gasteiger partial charge on any atom is -0.501 e. The zero-order valence-corrected chi connectivity index (χ0v) is 15.6. The third-order valence-corrected chi connectivity index (χ3v) is 4.05. The van der Waals surface area contributed by atoms with Crippen molar-refractivity contribution in [3.05, 3.63) is 75.1 Å². The maximum absolute atomic E-state index is 12.8. The smallest absolute Gasteiger partial charge is 0.358 e. The first-order valence-electron chi connectivity index (χ1n) is 8.04. The van der Waals surface area contributed by atoms with Crippen LogP contribution in [0.4, 0.5) is 11.4 Å². The molecular weight excluding hydrogens is 404 g/mol. The highest BCUT2D eigenvalue weighted by molar-refractivity contribution is 6.31. The standard InChI is InChI=1S/C18H13ClN4O6/c1-29-18(26)13-9-15(22(21-13)11-5-3-2-4-6-11)17(25)20-12-7-10(19)8-14(16(12)24)23(27)28/h2-9,24H,1H3,(H,20,25). The summed E-state index contributed by atoms with van der Waals surface area (Å²) >= 11 is 5.84. The first-order valence-corrected chi connectivity index (χ1v) is 8.41. The van der Waals surface area contributed by atoms with Gasteiger partial charge in [0.25, 0.3) is 5.91 Å². The largest absolute Gasteiger partial charge is 0.501 e. The second kappa shape index (κ2) is 7.98. The number of amides is 1. The molecule has 3 rings (SSSR count). The van der Waals surface area contributed by atoms with Crippen LogP contribution in [0.25, 0.3) is 5.69 Å². The number of benzene rings is 2. The van der Waals surface area contributed by atoms with E-state index >= 15 is 0 Å². The van der Waals surface area contributed by atoms with Crippen molar-refractivity contribution in [2.75, 3.05) is 12.4 Å². The van der Waals surface area contributed by atoms with E-state index in [9.17, 15) is 24.8 Å². The number of methoxy groups -OCH3 is 1. The van der Waals surface area contributed by atoms with Gasteiger partial charge in [-0.25, -0.2) is 9.48 Å². The highest BCUT2D eigenvalue weighted by Crippen LogP contribution is 2.37. The van der Waals surface area contributed by atoms with Crippen LogP contribution in [0, 0.1) is 10.1 Å². The van der Waals surface area contributed by atoms with Crippen molar-refractivity contribution in [3.63, 3.8) is 0 Å². The predicted octanol–water partition coefficient (Wildman–Crippen LogP) is 3.18. The summed E-state index contributed by atoms with van der Waals surface area (Å²) in [5, 5.41) is 27.5. The van der Waals surface area contributed by atoms with E-state index in [0.717, 1.165) is 12.1 Å². The fourth-order valence-corrected chi connectivity index (χ4v) is 2.73. The van der Waals surface area contributed by atoms with Crippen LogP contribution in [-0.2, 0) is 4.74 Å². The lowest BCUT2D eigenvalue weighted by atomic mass is 10.2. The quantitative estimate of drug-likeness (QED) is 0.282. The lowest BCUT2D eigenvalue weighted by molar-refractivity contribution is -0.385. The molecule has 0 aliphatic carbocycles. The van der Waals surface area contributed by atoms with Gasteiger partial charge in [-0.3, -0.25) is 14.9 Å². The van der Waals surface area contributed by atoms with E-state index in [2.05, 4.69) is 15.2 Å². The Morgan fingerprint density at radius 3 is 2.55 bits per heavy atom. The van der Waals surface area contributed by atoms with Crippen LogP contribution in [-0.4, -0.2) is 38.8 Å². The molecule has 1 aromatic heterocycles. The molecule has 0 spiro atoms. The van der Waals surface area contributed by atoms with Gasteiger partial charge in [-0.2, -0.15) is 5.10 Å². The second-order valence-corrected chi connectivity index (χ2v) is 6.12. The molecule has 3 aromatic rings. The van der Waals surface area contributed by atoms with Crippen LogP contribution in [0.15, 0.2) is 48.5 Å². The molecule has 0 atom stereocenters. The Morgan fingerprint density at radius 1 is 1.24 bits per heavy atom. The molecule has 29 heavy (non-hydrogen) atoms. The van der Waals surface area contributed by atoms with Crippen LogP contribution in [0.2, 0.25) is 5.02 Å². The number of aromatic hydroxyl groups is 1. The third-order valence-electron chi connectivity index (χ3n) is 3.84. The van der Waals surface area contributed by atoms with Gasteiger partial charge in [0, 0.05) is 17.2 Å². The molecule has 0 aliphatic heterocycles. The summed E-state index contributed by atoms with van der Waals surface area (Å²) in [6.45, 7) is 0. The molecule has 2 N–H and O–H groups in total. The molecule has 0 bridgehead atoms. The zero-order chi connectivity index (χ0) is 21.1. The number of nitrogens with one attached hydrogen (secondary N) is 1. The highest BCUT2D eigenvalue weighted by atomic mass is 35.5. The topological polar surface area (TPSA) is 137 Å². The predicted molar refractivity (Wildman–Crippen MR) is 103 cm³/mol. The normalized spacial score (nSPS) is 10.4. The highest BCUT2D eigenvalue weighted by Gasteiger charge is 2.24. The number of phenols is 1. The molecule has 0 saturated heterocycles. The maximum atomic E-state index is 12.8. The van der Waals surface area contributed by atoms with Crippen molar-refractivity contribution >= 4 is 34.9 Å². The van der Waals surface area contributed by atoms with Crippen LogP contribution in [0.3, 0.4) is 0 Å². The van der Waals surface area contributed by atoms with Crippen molar-refractivity contribution in [1.82, 2.24) is 9.78 Å². The van der Waals surface area contributed by atoms with Gasteiger partial charge in [-0.05, 0) is 18.2 Å². The van der Waals surface area contributed by atoms with Gasteiger partial charge in [0.2, 0.25) is 5.75 Å². The van der Waals surface area contributed by atoms with E-state index in [4.69, 9.17) is 11.6 Å². The van der Waals surface area contributed by atoms with E-state index < -0.39 is 28.2 Å². The molecule has 0 radical (unpaired) electrons. The molecule has 2 aromatic carbocycles. The van der Waals surface area contributed by atoms with Crippen molar-refractivity contribution in [2.45, 2.75) is 0 Å². The van der Waals surface area contributed by atoms with Crippen LogP contribution in [0.1, 0.15) is 21.0 Å². The molecule has 0 aliphatic rings. The lowest BCUT2D eigenvalue weighted by Crippen LogP contribution is -2.17. The number of hydrogen-bond acceptors (Lipinski definition) is 7. The van der Waals surface area contributed by atoms with Gasteiger partial charge in [0.15, 0.2) is 5.69 Å². The SMILES string of the molecule is COC(=O)c1cc(C(=O)Nc2cc(Cl)cc([N+](=O)[O-])c2O)n(-c2ccccc2)n1. The minimum atomic E-state index is -0.833. The number of halogens is 1. The van der Waals surface area contributed by atoms with Gasteiger partial charge in [0.1, 0.15) is 5.69 Å². The number of para-hydroxylation sites is 1. The van der Waals surface area contributed by atoms with Crippen molar-refractivity contribution in [2.24, 2.45) is 0 Å². The molecular formula is C18H13ClN4O6. The molecule has 11 heteroatoms. The summed E-state index contributed by atoms with van der Waals surface area (Å²) in [6.07, 6.45) is 0. The Morgan fingerprint density at radius 2 is 1.93 bits per heavy atom. The molecule has 148 valence electrons. The number of ether oxygens (including phenoxy) is 1. The minimum absolute atomic E-state index is 0.0587. The van der Waals surface area contributed by atoms with Crippen molar-refractivity contribution in [3.8, 4) is 11.4 Å². The van der Waals surface area contributed by atoms with Crippen LogP contribution in [0.5, 0.6) is 5.75 Å². The van der Waals surface area contributed by atoms with Gasteiger partial charge < -0.3 is 15.2 Å². The number of aromatic nitrogens is 2. The van der Waals surface area contributed by atoms with Gasteiger partial charge in [-0.15, -0.1) is 0 Å². The van der Waals surface area contributed by atoms with E-state index in [-0.39, 0.29) is 22.1 Å². The number of phenolic OH excluding ortho intramolecular Hbond substituents is 1. The number of carbonyl (C=O) groups is 2. The zero-order valence-electron chi connectivity index (χ0n) is 14.8. The number of carbonyl (C=O) groups excluding carboxylic acids is 2. The maximum Gasteiger partial charge on any atom is 0.358 e. The first-order chi connectivity index (χ1) is 13.8. The number of nitrogens with zero attached hydrogens (tertiary/aromatic N) is 3. The number of hydrogen-bond donors (Lipinski definition) is 2. The fourth-order valence-electron chi connectivity index (χ4n) is 2.52. The summed E-state index contributed by atoms with van der Waals surface area (Å²) in [4.78, 5) is 34.9. The van der Waals surface area contributed by atoms with Gasteiger partial charge in [-0.1, -0.05) is 29.8 Å². The molecule has 0 unspecified atom stereocenters. The van der Waals surface area contributed by atoms with Crippen molar-refractivity contribution in [1.29, 1.82) is 0 Å². The summed E-state index contributed by atoms with van der Waals surface area (Å²) < 4.78 is 5.84. The number of anilines is 1. The van der Waals surface area contributed by atoms with Crippen molar-refractivity contribution < 1.29 is 24.4 Å². The average Bonchev–Trinajstić information content (AvgIpc) is 3.16. The first kappa shape index (κ1) is 19.8. The van der Waals surface area contributed by atoms with Gasteiger partial charge >= 0.3 is 11.7 Å². The fraction of sp³-hybridized carbons (Fsp3) is 0.0556. The third kappa shape index (κ3) is 4.01. The summed E-state index contributed by atoms with van der Waals surface area (Å²) in [5.74, 6) is -2.30. The van der Waals surface area contributed by atoms with E-state index in [1.165, 1.54) is 17.9 Å².